The highest BCUT2D eigenvalue weighted by Crippen LogP contribution is 2.22. The first-order chi connectivity index (χ1) is 12.3. The number of amides is 1. The van der Waals surface area contributed by atoms with Crippen molar-refractivity contribution in [3.05, 3.63) is 84.6 Å². The molecule has 0 radical (unpaired) electrons. The van der Waals surface area contributed by atoms with Crippen molar-refractivity contribution in [3.63, 3.8) is 0 Å². The number of benzene rings is 3. The van der Waals surface area contributed by atoms with Crippen molar-refractivity contribution in [2.75, 3.05) is 5.32 Å². The van der Waals surface area contributed by atoms with Crippen molar-refractivity contribution in [1.29, 1.82) is 0 Å². The van der Waals surface area contributed by atoms with E-state index in [0.29, 0.717) is 11.3 Å². The van der Waals surface area contributed by atoms with Crippen LogP contribution in [-0.2, 0) is 11.2 Å². The number of fused-ring (bicyclic) bond motifs is 1. The Bertz CT molecular complexity index is 1000. The van der Waals surface area contributed by atoms with Gasteiger partial charge in [0.2, 0.25) is 5.91 Å². The van der Waals surface area contributed by atoms with E-state index in [-0.39, 0.29) is 12.3 Å². The first-order valence-electron chi connectivity index (χ1n) is 8.08. The number of hydrogen-bond acceptors (Lipinski definition) is 3. The summed E-state index contributed by atoms with van der Waals surface area (Å²) in [5, 5.41) is 7.77. The van der Waals surface area contributed by atoms with Gasteiger partial charge >= 0.3 is 0 Å². The summed E-state index contributed by atoms with van der Waals surface area (Å²) in [7, 11) is 0. The minimum absolute atomic E-state index is 0.119. The number of anilines is 1. The smallest absolute Gasteiger partial charge is 0.230 e. The number of para-hydroxylation sites is 1. The predicted octanol–water partition coefficient (Wildman–Crippen LogP) is 4.68. The normalized spacial score (nSPS) is 10.7. The Kier molecular flexibility index (Phi) is 4.01. The minimum Gasteiger partial charge on any atom is -0.356 e. The number of hydrogen-bond donors (Lipinski definition) is 1. The van der Waals surface area contributed by atoms with Gasteiger partial charge in [0.05, 0.1) is 6.42 Å². The fraction of sp³-hybridized carbons (Fsp3) is 0.0476. The maximum atomic E-state index is 12.3. The molecule has 1 aromatic heterocycles. The monoisotopic (exact) mass is 328 g/mol. The summed E-state index contributed by atoms with van der Waals surface area (Å²) in [6.07, 6.45) is 0.178. The molecule has 0 saturated carbocycles. The van der Waals surface area contributed by atoms with Gasteiger partial charge in [0.15, 0.2) is 5.58 Å². The van der Waals surface area contributed by atoms with Gasteiger partial charge < -0.3 is 9.84 Å². The van der Waals surface area contributed by atoms with Crippen LogP contribution in [0.15, 0.2) is 83.4 Å². The van der Waals surface area contributed by atoms with E-state index in [4.69, 9.17) is 4.52 Å². The highest BCUT2D eigenvalue weighted by atomic mass is 16.5. The topological polar surface area (TPSA) is 55.1 Å². The maximum Gasteiger partial charge on any atom is 0.230 e. The van der Waals surface area contributed by atoms with Gasteiger partial charge in [-0.05, 0) is 35.4 Å². The Labute approximate surface area is 145 Å². The molecule has 4 nitrogen and oxygen atoms in total. The van der Waals surface area contributed by atoms with E-state index in [0.717, 1.165) is 22.2 Å². The maximum absolute atomic E-state index is 12.3. The van der Waals surface area contributed by atoms with E-state index in [1.807, 2.05) is 66.7 Å². The lowest BCUT2D eigenvalue weighted by Gasteiger charge is -2.06. The summed E-state index contributed by atoms with van der Waals surface area (Å²) in [6, 6.07) is 25.5. The van der Waals surface area contributed by atoms with Crippen molar-refractivity contribution >= 4 is 22.6 Å². The van der Waals surface area contributed by atoms with Crippen LogP contribution < -0.4 is 5.32 Å². The van der Waals surface area contributed by atoms with Crippen LogP contribution in [0, 0.1) is 0 Å². The molecular weight excluding hydrogens is 312 g/mol. The zero-order valence-corrected chi connectivity index (χ0v) is 13.5. The molecule has 1 heterocycles. The van der Waals surface area contributed by atoms with Gasteiger partial charge in [-0.3, -0.25) is 4.79 Å². The van der Waals surface area contributed by atoms with Crippen LogP contribution in [0.2, 0.25) is 0 Å². The highest BCUT2D eigenvalue weighted by molar-refractivity contribution is 5.94. The van der Waals surface area contributed by atoms with Crippen LogP contribution in [-0.4, -0.2) is 11.1 Å². The van der Waals surface area contributed by atoms with E-state index in [9.17, 15) is 4.79 Å². The van der Waals surface area contributed by atoms with Crippen LogP contribution in [0.25, 0.3) is 22.1 Å². The number of nitrogens with zero attached hydrogens (tertiary/aromatic N) is 1. The summed E-state index contributed by atoms with van der Waals surface area (Å²) in [6.45, 7) is 0. The molecule has 1 amide bonds. The Balaban J connectivity index is 1.46. The molecule has 0 bridgehead atoms. The minimum atomic E-state index is -0.119. The number of carbonyl (C=O) groups is 1. The standard InChI is InChI=1S/C21H16N2O2/c24-21(14-19-18-8-4-5-9-20(18)25-23-19)22-17-12-10-16(11-13-17)15-6-2-1-3-7-15/h1-13H,14H2,(H,22,24). The summed E-state index contributed by atoms with van der Waals surface area (Å²) in [5.41, 5.74) is 4.36. The SMILES string of the molecule is O=C(Cc1noc2ccccc12)Nc1ccc(-c2ccccc2)cc1. The molecule has 4 rings (SSSR count). The van der Waals surface area contributed by atoms with Crippen LogP contribution in [0.1, 0.15) is 5.69 Å². The lowest BCUT2D eigenvalue weighted by molar-refractivity contribution is -0.115. The highest BCUT2D eigenvalue weighted by Gasteiger charge is 2.12. The van der Waals surface area contributed by atoms with Crippen molar-refractivity contribution in [1.82, 2.24) is 5.16 Å². The molecular formula is C21H16N2O2. The lowest BCUT2D eigenvalue weighted by Crippen LogP contribution is -2.14. The van der Waals surface area contributed by atoms with Crippen molar-refractivity contribution in [2.24, 2.45) is 0 Å². The molecule has 0 saturated heterocycles. The third-order valence-corrected chi connectivity index (χ3v) is 4.06. The molecule has 4 aromatic rings. The van der Waals surface area contributed by atoms with Crippen molar-refractivity contribution in [3.8, 4) is 11.1 Å². The average molecular weight is 328 g/mol. The summed E-state index contributed by atoms with van der Waals surface area (Å²) < 4.78 is 5.23. The molecule has 0 fully saturated rings. The molecule has 0 atom stereocenters. The quantitative estimate of drug-likeness (QED) is 0.592. The Morgan fingerprint density at radius 2 is 1.52 bits per heavy atom. The summed E-state index contributed by atoms with van der Waals surface area (Å²) in [4.78, 5) is 12.3. The molecule has 122 valence electrons. The van der Waals surface area contributed by atoms with Crippen LogP contribution in [0.4, 0.5) is 5.69 Å². The van der Waals surface area contributed by atoms with E-state index in [1.165, 1.54) is 0 Å². The molecule has 0 unspecified atom stereocenters. The molecule has 3 aromatic carbocycles. The summed E-state index contributed by atoms with van der Waals surface area (Å²) >= 11 is 0. The molecule has 4 heteroatoms. The molecule has 0 aliphatic rings. The number of aromatic nitrogens is 1. The van der Waals surface area contributed by atoms with Gasteiger partial charge in [-0.1, -0.05) is 59.8 Å². The molecule has 25 heavy (non-hydrogen) atoms. The fourth-order valence-electron chi connectivity index (χ4n) is 2.80. The van der Waals surface area contributed by atoms with Gasteiger partial charge in [0.1, 0.15) is 5.69 Å². The van der Waals surface area contributed by atoms with E-state index < -0.39 is 0 Å². The van der Waals surface area contributed by atoms with Crippen molar-refractivity contribution in [2.45, 2.75) is 6.42 Å². The van der Waals surface area contributed by atoms with Gasteiger partial charge in [-0.25, -0.2) is 0 Å². The van der Waals surface area contributed by atoms with E-state index in [2.05, 4.69) is 22.6 Å². The molecule has 1 N–H and O–H groups in total. The van der Waals surface area contributed by atoms with Crippen LogP contribution >= 0.6 is 0 Å². The van der Waals surface area contributed by atoms with E-state index >= 15 is 0 Å². The second-order valence-corrected chi connectivity index (χ2v) is 5.79. The fourth-order valence-corrected chi connectivity index (χ4v) is 2.80. The van der Waals surface area contributed by atoms with Crippen LogP contribution in [0.5, 0.6) is 0 Å². The first-order valence-corrected chi connectivity index (χ1v) is 8.08. The third kappa shape index (κ3) is 3.28. The predicted molar refractivity (Wildman–Crippen MR) is 98.2 cm³/mol. The van der Waals surface area contributed by atoms with Gasteiger partial charge in [-0.15, -0.1) is 0 Å². The number of carbonyl (C=O) groups excluding carboxylic acids is 1. The largest absolute Gasteiger partial charge is 0.356 e. The third-order valence-electron chi connectivity index (χ3n) is 4.06. The van der Waals surface area contributed by atoms with Crippen molar-refractivity contribution < 1.29 is 9.32 Å². The average Bonchev–Trinajstić information content (AvgIpc) is 3.06. The number of rotatable bonds is 4. The Morgan fingerprint density at radius 1 is 0.840 bits per heavy atom. The molecule has 0 aliphatic carbocycles. The summed E-state index contributed by atoms with van der Waals surface area (Å²) in [5.74, 6) is -0.119. The second kappa shape index (κ2) is 6.61. The zero-order valence-electron chi connectivity index (χ0n) is 13.5. The Morgan fingerprint density at radius 3 is 2.32 bits per heavy atom. The second-order valence-electron chi connectivity index (χ2n) is 5.79. The van der Waals surface area contributed by atoms with Gasteiger partial charge in [0.25, 0.3) is 0 Å². The van der Waals surface area contributed by atoms with E-state index in [1.54, 1.807) is 0 Å². The van der Waals surface area contributed by atoms with Crippen LogP contribution in [0.3, 0.4) is 0 Å². The first kappa shape index (κ1) is 15.1. The molecule has 0 spiro atoms. The molecule has 0 aliphatic heterocycles. The number of nitrogens with one attached hydrogen (secondary N) is 1. The lowest BCUT2D eigenvalue weighted by atomic mass is 10.1. The van der Waals surface area contributed by atoms with Gasteiger partial charge in [-0.2, -0.15) is 0 Å². The Hall–Kier alpha value is -3.40. The van der Waals surface area contributed by atoms with Gasteiger partial charge in [0, 0.05) is 11.1 Å². The zero-order chi connectivity index (χ0) is 17.1.